The van der Waals surface area contributed by atoms with Crippen LogP contribution in [0.1, 0.15) is 38.8 Å². The fraction of sp³-hybridized carbons (Fsp3) is 0.344. The second kappa shape index (κ2) is 13.1. The highest BCUT2D eigenvalue weighted by molar-refractivity contribution is 8.00. The van der Waals surface area contributed by atoms with Crippen LogP contribution < -0.4 is 21.1 Å². The Morgan fingerprint density at radius 1 is 1.15 bits per heavy atom. The summed E-state index contributed by atoms with van der Waals surface area (Å²) in [7, 11) is 1.56. The van der Waals surface area contributed by atoms with Crippen molar-refractivity contribution in [2.75, 3.05) is 12.9 Å². The maximum Gasteiger partial charge on any atom is 0.409 e. The zero-order chi connectivity index (χ0) is 33.2. The van der Waals surface area contributed by atoms with E-state index >= 15 is 0 Å². The number of esters is 1. The van der Waals surface area contributed by atoms with Crippen molar-refractivity contribution in [3.63, 3.8) is 0 Å². The average molecular weight is 666 g/mol. The number of nitrogens with one attached hydrogen (secondary N) is 2. The number of thiazole rings is 1. The van der Waals surface area contributed by atoms with Crippen LogP contribution in [0.2, 0.25) is 0 Å². The maximum atomic E-state index is 13.9. The van der Waals surface area contributed by atoms with Crippen LogP contribution in [0.5, 0.6) is 5.75 Å². The molecule has 0 spiro atoms. The van der Waals surface area contributed by atoms with Gasteiger partial charge >= 0.3 is 12.1 Å². The second-order valence-electron chi connectivity index (χ2n) is 11.6. The van der Waals surface area contributed by atoms with E-state index < -0.39 is 46.6 Å². The van der Waals surface area contributed by atoms with Crippen molar-refractivity contribution in [2.24, 2.45) is 5.73 Å². The molecule has 12 nitrogen and oxygen atoms in total. The average Bonchev–Trinajstić information content (AvgIpc) is 3.49. The molecule has 3 heterocycles. The number of carbonyl (C=O) groups is 4. The molecule has 1 aromatic heterocycles. The van der Waals surface area contributed by atoms with Gasteiger partial charge in [0.2, 0.25) is 0 Å². The fourth-order valence-electron chi connectivity index (χ4n) is 4.98. The SMILES string of the molecule is C/C=C\C1=C(C(=O)OCc2ccc(OC)cc2)N2C(=O)C(NC(=O)C(N)(NC(=O)OC(C)(C)C)c3ccc4ncsc4c3)[C@@H]2SC1. The number of hydrogen-bond acceptors (Lipinski definition) is 11. The van der Waals surface area contributed by atoms with Crippen molar-refractivity contribution < 1.29 is 33.4 Å². The predicted octanol–water partition coefficient (Wildman–Crippen LogP) is 3.91. The number of ether oxygens (including phenoxy) is 3. The minimum atomic E-state index is -2.10. The summed E-state index contributed by atoms with van der Waals surface area (Å²) in [5.74, 6) is -0.935. The highest BCUT2D eigenvalue weighted by Crippen LogP contribution is 2.41. The summed E-state index contributed by atoms with van der Waals surface area (Å²) in [5.41, 5.74) is 7.82. The number of rotatable bonds is 9. The van der Waals surface area contributed by atoms with Crippen LogP contribution in [0.3, 0.4) is 0 Å². The van der Waals surface area contributed by atoms with Gasteiger partial charge in [-0.1, -0.05) is 30.4 Å². The topological polar surface area (TPSA) is 162 Å². The van der Waals surface area contributed by atoms with Crippen molar-refractivity contribution in [1.82, 2.24) is 20.5 Å². The highest BCUT2D eigenvalue weighted by atomic mass is 32.2. The van der Waals surface area contributed by atoms with Gasteiger partial charge in [0.15, 0.2) is 5.66 Å². The number of carbonyl (C=O) groups excluding carboxylic acids is 4. The number of allylic oxidation sites excluding steroid dienone is 2. The standard InChI is InChI=1S/C32H35N5O7S2/c1-6-7-19-16-45-27-24(26(38)37(27)25(19)28(39)43-15-18-8-11-21(42-5)12-9-18)35-29(40)32(33,36-30(41)44-31(2,3)4)20-10-13-22-23(14-20)46-17-34-22/h6-14,17,24,27H,15-16,33H2,1-5H3,(H,35,40)(H,36,41)/b7-6-/t24?,27-,32?/m0/s1. The van der Waals surface area contributed by atoms with E-state index in [9.17, 15) is 19.2 Å². The van der Waals surface area contributed by atoms with Crippen LogP contribution in [0.25, 0.3) is 10.2 Å². The number of nitrogens with two attached hydrogens (primary N) is 1. The van der Waals surface area contributed by atoms with Gasteiger partial charge in [-0.15, -0.1) is 23.1 Å². The third kappa shape index (κ3) is 6.73. The van der Waals surface area contributed by atoms with Gasteiger partial charge in [-0.25, -0.2) is 14.6 Å². The molecule has 2 aliphatic heterocycles. The lowest BCUT2D eigenvalue weighted by atomic mass is 9.96. The lowest BCUT2D eigenvalue weighted by molar-refractivity contribution is -0.154. The molecule has 2 unspecified atom stereocenters. The minimum absolute atomic E-state index is 0.00835. The largest absolute Gasteiger partial charge is 0.497 e. The number of benzene rings is 2. The van der Waals surface area contributed by atoms with Crippen molar-refractivity contribution in [3.8, 4) is 5.75 Å². The summed E-state index contributed by atoms with van der Waals surface area (Å²) in [6, 6.07) is 11.0. The first-order valence-electron chi connectivity index (χ1n) is 14.4. The molecule has 5 rings (SSSR count). The van der Waals surface area contributed by atoms with Gasteiger partial charge in [-0.2, -0.15) is 0 Å². The molecule has 242 valence electrons. The maximum absolute atomic E-state index is 13.9. The van der Waals surface area contributed by atoms with E-state index in [4.69, 9.17) is 19.9 Å². The molecule has 2 aliphatic rings. The number of hydrogen-bond donors (Lipinski definition) is 3. The molecule has 46 heavy (non-hydrogen) atoms. The lowest BCUT2D eigenvalue weighted by Gasteiger charge is -2.50. The summed E-state index contributed by atoms with van der Waals surface area (Å²) in [6.07, 6.45) is 2.63. The number of amides is 3. The Morgan fingerprint density at radius 3 is 2.57 bits per heavy atom. The van der Waals surface area contributed by atoms with E-state index in [0.717, 1.165) is 10.3 Å². The van der Waals surface area contributed by atoms with Gasteiger partial charge in [0.05, 0.1) is 22.8 Å². The third-order valence-corrected chi connectivity index (χ3v) is 9.31. The number of nitrogens with zero attached hydrogens (tertiary/aromatic N) is 2. The van der Waals surface area contributed by atoms with Gasteiger partial charge < -0.3 is 19.5 Å². The molecular weight excluding hydrogens is 631 g/mol. The third-order valence-electron chi connectivity index (χ3n) is 7.22. The molecule has 3 aromatic rings. The van der Waals surface area contributed by atoms with Crippen molar-refractivity contribution in [3.05, 3.63) is 82.5 Å². The molecule has 1 saturated heterocycles. The van der Waals surface area contributed by atoms with E-state index in [2.05, 4.69) is 15.6 Å². The number of methoxy groups -OCH3 is 1. The molecule has 0 aliphatic carbocycles. The predicted molar refractivity (Wildman–Crippen MR) is 175 cm³/mol. The Hall–Kier alpha value is -4.40. The van der Waals surface area contributed by atoms with Gasteiger partial charge in [-0.3, -0.25) is 25.5 Å². The molecule has 14 heteroatoms. The summed E-state index contributed by atoms with van der Waals surface area (Å²) in [4.78, 5) is 59.4. The molecule has 4 N–H and O–H groups in total. The molecule has 0 radical (unpaired) electrons. The van der Waals surface area contributed by atoms with Crippen LogP contribution in [0.15, 0.2) is 71.4 Å². The summed E-state index contributed by atoms with van der Waals surface area (Å²) >= 11 is 2.73. The van der Waals surface area contributed by atoms with E-state index in [0.29, 0.717) is 22.6 Å². The molecule has 2 aromatic carbocycles. The molecule has 0 bridgehead atoms. The molecule has 0 saturated carbocycles. The van der Waals surface area contributed by atoms with E-state index in [1.165, 1.54) is 28.0 Å². The number of β-lactam (4-membered cyclic amide) rings is 1. The number of thioether (sulfide) groups is 1. The Morgan fingerprint density at radius 2 is 1.89 bits per heavy atom. The van der Waals surface area contributed by atoms with Crippen molar-refractivity contribution in [2.45, 2.75) is 57.0 Å². The Balaban J connectivity index is 1.36. The quantitative estimate of drug-likeness (QED) is 0.174. The zero-order valence-corrected chi connectivity index (χ0v) is 27.6. The first-order chi connectivity index (χ1) is 21.8. The molecule has 3 amide bonds. The van der Waals surface area contributed by atoms with Crippen molar-refractivity contribution in [1.29, 1.82) is 0 Å². The number of alkyl carbamates (subject to hydrolysis) is 1. The Bertz CT molecular complexity index is 1730. The van der Waals surface area contributed by atoms with Gasteiger partial charge in [0, 0.05) is 11.3 Å². The monoisotopic (exact) mass is 665 g/mol. The number of fused-ring (bicyclic) bond motifs is 2. The van der Waals surface area contributed by atoms with Crippen LogP contribution in [0, 0.1) is 0 Å². The van der Waals surface area contributed by atoms with Gasteiger partial charge in [0.25, 0.3) is 11.8 Å². The van der Waals surface area contributed by atoms with E-state index in [-0.39, 0.29) is 17.9 Å². The molecule has 3 atom stereocenters. The molecule has 1 fully saturated rings. The second-order valence-corrected chi connectivity index (χ2v) is 13.6. The first-order valence-corrected chi connectivity index (χ1v) is 16.3. The lowest BCUT2D eigenvalue weighted by Crippen LogP contribution is -2.74. The smallest absolute Gasteiger partial charge is 0.409 e. The summed E-state index contributed by atoms with van der Waals surface area (Å²) in [5, 5.41) is 4.63. The van der Waals surface area contributed by atoms with E-state index in [1.54, 1.807) is 88.0 Å². The summed E-state index contributed by atoms with van der Waals surface area (Å²) in [6.45, 7) is 6.86. The Kier molecular flexibility index (Phi) is 9.42. The van der Waals surface area contributed by atoms with Crippen LogP contribution in [0.4, 0.5) is 4.79 Å². The fourth-order valence-corrected chi connectivity index (χ4v) is 7.02. The highest BCUT2D eigenvalue weighted by Gasteiger charge is 2.55. The zero-order valence-electron chi connectivity index (χ0n) is 26.0. The van der Waals surface area contributed by atoms with Crippen LogP contribution in [-0.2, 0) is 36.1 Å². The Labute approximate surface area is 274 Å². The van der Waals surface area contributed by atoms with E-state index in [1.807, 2.05) is 6.92 Å². The number of aromatic nitrogens is 1. The van der Waals surface area contributed by atoms with Gasteiger partial charge in [0.1, 0.15) is 35.1 Å². The normalized spacial score (nSPS) is 19.3. The minimum Gasteiger partial charge on any atom is -0.497 e. The van der Waals surface area contributed by atoms with Gasteiger partial charge in [-0.05, 0) is 63.1 Å². The van der Waals surface area contributed by atoms with Crippen LogP contribution >= 0.6 is 23.1 Å². The van der Waals surface area contributed by atoms with Crippen molar-refractivity contribution >= 4 is 57.2 Å². The first kappa shape index (κ1) is 33.0. The molecular formula is C32H35N5O7S2. The van der Waals surface area contributed by atoms with Crippen LogP contribution in [-0.4, -0.2) is 63.6 Å². The summed E-state index contributed by atoms with van der Waals surface area (Å²) < 4.78 is 16.9.